The minimum Gasteiger partial charge on any atom is -0.496 e. The second-order valence-corrected chi connectivity index (χ2v) is 7.78. The van der Waals surface area contributed by atoms with Crippen LogP contribution < -0.4 is 15.4 Å². The number of aryl methyl sites for hydroxylation is 2. The van der Waals surface area contributed by atoms with Crippen molar-refractivity contribution >= 4 is 23.5 Å². The first-order valence-electron chi connectivity index (χ1n) is 10.2. The van der Waals surface area contributed by atoms with Gasteiger partial charge in [0.2, 0.25) is 0 Å². The van der Waals surface area contributed by atoms with Gasteiger partial charge < -0.3 is 20.1 Å². The summed E-state index contributed by atoms with van der Waals surface area (Å²) >= 11 is 0. The van der Waals surface area contributed by atoms with Crippen LogP contribution in [0.1, 0.15) is 42.3 Å². The minimum atomic E-state index is -1.03. The van der Waals surface area contributed by atoms with Crippen LogP contribution >= 0.6 is 0 Å². The highest BCUT2D eigenvalue weighted by atomic mass is 16.5. The van der Waals surface area contributed by atoms with Crippen LogP contribution in [0, 0.1) is 19.8 Å². The zero-order valence-corrected chi connectivity index (χ0v) is 18.8. The molecule has 7 nitrogen and oxygen atoms in total. The molecule has 0 fully saturated rings. The molecule has 0 heterocycles. The number of benzene rings is 2. The second-order valence-electron chi connectivity index (χ2n) is 7.78. The number of carbonyl (C=O) groups is 3. The van der Waals surface area contributed by atoms with E-state index in [-0.39, 0.29) is 5.92 Å². The van der Waals surface area contributed by atoms with E-state index in [2.05, 4.69) is 10.6 Å². The number of para-hydroxylation sites is 1. The molecule has 2 amide bonds. The summed E-state index contributed by atoms with van der Waals surface area (Å²) in [5.74, 6) is -1.43. The number of hydrogen-bond acceptors (Lipinski definition) is 5. The normalized spacial score (nSPS) is 12.6. The van der Waals surface area contributed by atoms with Gasteiger partial charge in [0.05, 0.1) is 12.7 Å². The van der Waals surface area contributed by atoms with Crippen LogP contribution in [0.15, 0.2) is 42.5 Å². The molecule has 0 saturated carbocycles. The maximum absolute atomic E-state index is 12.7. The first kappa shape index (κ1) is 23.9. The Morgan fingerprint density at radius 2 is 1.65 bits per heavy atom. The van der Waals surface area contributed by atoms with E-state index in [4.69, 9.17) is 9.47 Å². The van der Waals surface area contributed by atoms with E-state index in [9.17, 15) is 14.4 Å². The molecule has 7 heteroatoms. The van der Waals surface area contributed by atoms with Gasteiger partial charge in [0.1, 0.15) is 11.8 Å². The molecule has 0 unspecified atom stereocenters. The molecule has 0 radical (unpaired) electrons. The Hall–Kier alpha value is -3.35. The molecular weight excluding hydrogens is 396 g/mol. The second kappa shape index (κ2) is 10.6. The van der Waals surface area contributed by atoms with Gasteiger partial charge in [0, 0.05) is 5.69 Å². The van der Waals surface area contributed by atoms with E-state index in [0.717, 1.165) is 11.1 Å². The maximum Gasteiger partial charge on any atom is 0.329 e. The maximum atomic E-state index is 12.7. The lowest BCUT2D eigenvalue weighted by molar-refractivity contribution is -0.156. The summed E-state index contributed by atoms with van der Waals surface area (Å²) < 4.78 is 10.6. The Morgan fingerprint density at radius 1 is 0.968 bits per heavy atom. The Morgan fingerprint density at radius 3 is 2.26 bits per heavy atom. The monoisotopic (exact) mass is 426 g/mol. The van der Waals surface area contributed by atoms with Crippen molar-refractivity contribution in [1.82, 2.24) is 5.32 Å². The molecule has 0 aliphatic rings. The van der Waals surface area contributed by atoms with Gasteiger partial charge in [-0.25, -0.2) is 4.79 Å². The van der Waals surface area contributed by atoms with Gasteiger partial charge in [-0.05, 0) is 50.5 Å². The molecule has 2 rings (SSSR count). The Kier molecular flexibility index (Phi) is 8.19. The highest BCUT2D eigenvalue weighted by Gasteiger charge is 2.30. The minimum absolute atomic E-state index is 0.249. The Bertz CT molecular complexity index is 955. The summed E-state index contributed by atoms with van der Waals surface area (Å²) in [7, 11) is 1.47. The molecule has 166 valence electrons. The topological polar surface area (TPSA) is 93.7 Å². The largest absolute Gasteiger partial charge is 0.496 e. The number of ether oxygens (including phenoxy) is 2. The lowest BCUT2D eigenvalue weighted by Crippen LogP contribution is -2.47. The Labute approximate surface area is 183 Å². The molecule has 0 aromatic heterocycles. The van der Waals surface area contributed by atoms with Crippen molar-refractivity contribution in [3.05, 3.63) is 59.2 Å². The van der Waals surface area contributed by atoms with Crippen LogP contribution in [-0.4, -0.2) is 37.0 Å². The molecule has 0 saturated heterocycles. The lowest BCUT2D eigenvalue weighted by Gasteiger charge is -2.23. The van der Waals surface area contributed by atoms with E-state index in [1.165, 1.54) is 14.0 Å². The standard InChI is InChI=1S/C24H30N2O5/c1-14(2)21(26-23(28)18-9-7-8-10-20(18)30-6)24(29)31-17(5)22(27)25-19-12-11-15(3)13-16(19)4/h7-14,17,21H,1-6H3,(H,25,27)(H,26,28)/t17-,21+/m1/s1. The molecule has 2 aromatic carbocycles. The molecule has 2 N–H and O–H groups in total. The van der Waals surface area contributed by atoms with Gasteiger partial charge in [-0.2, -0.15) is 0 Å². The highest BCUT2D eigenvalue weighted by molar-refractivity contribution is 6.00. The third-order valence-electron chi connectivity index (χ3n) is 4.86. The van der Waals surface area contributed by atoms with Crippen molar-refractivity contribution in [2.75, 3.05) is 12.4 Å². The van der Waals surface area contributed by atoms with Crippen molar-refractivity contribution < 1.29 is 23.9 Å². The summed E-state index contributed by atoms with van der Waals surface area (Å²) in [6.45, 7) is 8.93. The van der Waals surface area contributed by atoms with Gasteiger partial charge >= 0.3 is 5.97 Å². The van der Waals surface area contributed by atoms with Crippen molar-refractivity contribution in [3.8, 4) is 5.75 Å². The zero-order valence-electron chi connectivity index (χ0n) is 18.8. The third kappa shape index (κ3) is 6.31. The van der Waals surface area contributed by atoms with E-state index in [1.54, 1.807) is 38.1 Å². The fraction of sp³-hybridized carbons (Fsp3) is 0.375. The third-order valence-corrected chi connectivity index (χ3v) is 4.86. The number of anilines is 1. The van der Waals surface area contributed by atoms with Crippen LogP contribution in [0.3, 0.4) is 0 Å². The number of methoxy groups -OCH3 is 1. The summed E-state index contributed by atoms with van der Waals surface area (Å²) in [5, 5.41) is 5.46. The van der Waals surface area contributed by atoms with Crippen molar-refractivity contribution in [1.29, 1.82) is 0 Å². The van der Waals surface area contributed by atoms with Crippen LogP contribution in [0.4, 0.5) is 5.69 Å². The molecule has 0 spiro atoms. The van der Waals surface area contributed by atoms with Crippen LogP contribution in [-0.2, 0) is 14.3 Å². The van der Waals surface area contributed by atoms with Crippen molar-refractivity contribution in [3.63, 3.8) is 0 Å². The average molecular weight is 427 g/mol. The van der Waals surface area contributed by atoms with Crippen molar-refractivity contribution in [2.24, 2.45) is 5.92 Å². The molecule has 0 aliphatic heterocycles. The van der Waals surface area contributed by atoms with Crippen LogP contribution in [0.2, 0.25) is 0 Å². The van der Waals surface area contributed by atoms with Crippen molar-refractivity contribution in [2.45, 2.75) is 46.8 Å². The fourth-order valence-corrected chi connectivity index (χ4v) is 3.04. The highest BCUT2D eigenvalue weighted by Crippen LogP contribution is 2.19. The SMILES string of the molecule is COc1ccccc1C(=O)N[C@H](C(=O)O[C@H](C)C(=O)Nc1ccc(C)cc1C)C(C)C. The van der Waals surface area contributed by atoms with E-state index < -0.39 is 29.9 Å². The molecular formula is C24H30N2O5. The molecule has 2 aromatic rings. The molecule has 31 heavy (non-hydrogen) atoms. The number of amides is 2. The van der Waals surface area contributed by atoms with Gasteiger partial charge in [0.25, 0.3) is 11.8 Å². The average Bonchev–Trinajstić information content (AvgIpc) is 2.73. The zero-order chi connectivity index (χ0) is 23.1. The number of rotatable bonds is 8. The number of esters is 1. The van der Waals surface area contributed by atoms with Gasteiger partial charge in [-0.3, -0.25) is 9.59 Å². The first-order chi connectivity index (χ1) is 14.6. The predicted octanol–water partition coefficient (Wildman–Crippen LogP) is 3.64. The first-order valence-corrected chi connectivity index (χ1v) is 10.2. The summed E-state index contributed by atoms with van der Waals surface area (Å²) in [5.41, 5.74) is 2.96. The van der Waals surface area contributed by atoms with Crippen LogP contribution in [0.25, 0.3) is 0 Å². The quantitative estimate of drug-likeness (QED) is 0.629. The van der Waals surface area contributed by atoms with Gasteiger partial charge in [-0.15, -0.1) is 0 Å². The lowest BCUT2D eigenvalue weighted by atomic mass is 10.0. The fourth-order valence-electron chi connectivity index (χ4n) is 3.04. The smallest absolute Gasteiger partial charge is 0.329 e. The molecule has 0 aliphatic carbocycles. The van der Waals surface area contributed by atoms with E-state index in [1.807, 2.05) is 32.0 Å². The number of carbonyl (C=O) groups excluding carboxylic acids is 3. The molecule has 2 atom stereocenters. The summed E-state index contributed by atoms with van der Waals surface area (Å²) in [6, 6.07) is 11.5. The van der Waals surface area contributed by atoms with E-state index in [0.29, 0.717) is 17.0 Å². The van der Waals surface area contributed by atoms with Gasteiger partial charge in [0.15, 0.2) is 6.10 Å². The number of hydrogen-bond donors (Lipinski definition) is 2. The molecule has 0 bridgehead atoms. The van der Waals surface area contributed by atoms with Crippen LogP contribution in [0.5, 0.6) is 5.75 Å². The van der Waals surface area contributed by atoms with Gasteiger partial charge in [-0.1, -0.05) is 43.7 Å². The summed E-state index contributed by atoms with van der Waals surface area (Å²) in [6.07, 6.45) is -1.03. The Balaban J connectivity index is 2.05. The number of nitrogens with one attached hydrogen (secondary N) is 2. The predicted molar refractivity (Wildman–Crippen MR) is 119 cm³/mol. The van der Waals surface area contributed by atoms with E-state index >= 15 is 0 Å². The summed E-state index contributed by atoms with van der Waals surface area (Å²) in [4.78, 5) is 37.9.